The Labute approximate surface area is 64.6 Å². The second-order valence-electron chi connectivity index (χ2n) is 2.06. The summed E-state index contributed by atoms with van der Waals surface area (Å²) < 4.78 is 4.90. The molecule has 1 heterocycles. The predicted molar refractivity (Wildman–Crippen MR) is 38.6 cm³/mol. The molecule has 1 aromatic heterocycles. The van der Waals surface area contributed by atoms with Crippen LogP contribution in [0.2, 0.25) is 0 Å². The quantitative estimate of drug-likeness (QED) is 0.697. The molecule has 0 aliphatic carbocycles. The number of oxazole rings is 1. The predicted octanol–water partition coefficient (Wildman–Crippen LogP) is 0.701. The first kappa shape index (κ1) is 7.78. The molecule has 4 heteroatoms. The van der Waals surface area contributed by atoms with E-state index in [0.717, 1.165) is 0 Å². The first-order chi connectivity index (χ1) is 5.33. The lowest BCUT2D eigenvalue weighted by molar-refractivity contribution is -0.121. The van der Waals surface area contributed by atoms with Gasteiger partial charge >= 0.3 is 0 Å². The van der Waals surface area contributed by atoms with Gasteiger partial charge in [0.2, 0.25) is 11.8 Å². The summed E-state index contributed by atoms with van der Waals surface area (Å²) in [5, 5.41) is 2.64. The Bertz CT molecular complexity index is 218. The number of amides is 1. The number of nitrogens with zero attached hydrogens (tertiary/aromatic N) is 1. The van der Waals surface area contributed by atoms with Gasteiger partial charge < -0.3 is 9.73 Å². The molecular formula is C7H10N2O2. The molecule has 0 aliphatic heterocycles. The maximum absolute atomic E-state index is 10.7. The molecule has 0 fully saturated rings. The zero-order valence-corrected chi connectivity index (χ0v) is 6.33. The standard InChI is InChI=1S/C7H10N2O2/c1-2-6(10)9-5-7-8-3-4-11-7/h3-4H,2,5H2,1H3,(H,9,10). The fraction of sp³-hybridized carbons (Fsp3) is 0.429. The van der Waals surface area contributed by atoms with Gasteiger partial charge in [-0.25, -0.2) is 4.98 Å². The van der Waals surface area contributed by atoms with Crippen molar-refractivity contribution in [2.24, 2.45) is 0 Å². The SMILES string of the molecule is CCC(=O)NCc1ncco1. The summed E-state index contributed by atoms with van der Waals surface area (Å²) in [6.07, 6.45) is 3.52. The summed E-state index contributed by atoms with van der Waals surface area (Å²) in [6, 6.07) is 0. The molecule has 0 spiro atoms. The minimum atomic E-state index is 0.00296. The van der Waals surface area contributed by atoms with Gasteiger partial charge in [-0.05, 0) is 0 Å². The minimum Gasteiger partial charge on any atom is -0.447 e. The Morgan fingerprint density at radius 2 is 2.64 bits per heavy atom. The highest BCUT2D eigenvalue weighted by Crippen LogP contribution is 1.92. The number of carbonyl (C=O) groups excluding carboxylic acids is 1. The van der Waals surface area contributed by atoms with Crippen LogP contribution in [0.25, 0.3) is 0 Å². The van der Waals surface area contributed by atoms with Crippen LogP contribution in [0.15, 0.2) is 16.9 Å². The van der Waals surface area contributed by atoms with Gasteiger partial charge in [0.1, 0.15) is 6.26 Å². The Kier molecular flexibility index (Phi) is 2.66. The van der Waals surface area contributed by atoms with Crippen molar-refractivity contribution in [1.82, 2.24) is 10.3 Å². The molecule has 0 bridgehead atoms. The molecule has 4 nitrogen and oxygen atoms in total. The van der Waals surface area contributed by atoms with Crippen molar-refractivity contribution in [3.63, 3.8) is 0 Å². The van der Waals surface area contributed by atoms with E-state index in [4.69, 9.17) is 4.42 Å². The van der Waals surface area contributed by atoms with Crippen LogP contribution < -0.4 is 5.32 Å². The molecule has 0 radical (unpaired) electrons. The lowest BCUT2D eigenvalue weighted by Crippen LogP contribution is -2.21. The Balaban J connectivity index is 2.29. The number of nitrogens with one attached hydrogen (secondary N) is 1. The highest BCUT2D eigenvalue weighted by atomic mass is 16.3. The Hall–Kier alpha value is -1.32. The third kappa shape index (κ3) is 2.41. The monoisotopic (exact) mass is 154 g/mol. The molecule has 1 N–H and O–H groups in total. The van der Waals surface area contributed by atoms with Crippen molar-refractivity contribution in [3.8, 4) is 0 Å². The van der Waals surface area contributed by atoms with E-state index in [2.05, 4.69) is 10.3 Å². The van der Waals surface area contributed by atoms with E-state index in [-0.39, 0.29) is 5.91 Å². The third-order valence-corrected chi connectivity index (χ3v) is 1.24. The summed E-state index contributed by atoms with van der Waals surface area (Å²) in [4.78, 5) is 14.6. The van der Waals surface area contributed by atoms with Crippen LogP contribution in [0.3, 0.4) is 0 Å². The fourth-order valence-electron chi connectivity index (χ4n) is 0.639. The number of hydrogen-bond acceptors (Lipinski definition) is 3. The summed E-state index contributed by atoms with van der Waals surface area (Å²) in [5.41, 5.74) is 0. The molecule has 0 atom stereocenters. The maximum Gasteiger partial charge on any atom is 0.220 e. The van der Waals surface area contributed by atoms with Gasteiger partial charge in [0.05, 0.1) is 12.7 Å². The average Bonchev–Trinajstić information content (AvgIpc) is 2.52. The third-order valence-electron chi connectivity index (χ3n) is 1.24. The van der Waals surface area contributed by atoms with Gasteiger partial charge in [0.15, 0.2) is 0 Å². The van der Waals surface area contributed by atoms with Gasteiger partial charge in [-0.1, -0.05) is 6.92 Å². The van der Waals surface area contributed by atoms with E-state index in [9.17, 15) is 4.79 Å². The second kappa shape index (κ2) is 3.75. The van der Waals surface area contributed by atoms with Crippen molar-refractivity contribution >= 4 is 5.91 Å². The van der Waals surface area contributed by atoms with Gasteiger partial charge in [-0.2, -0.15) is 0 Å². The smallest absolute Gasteiger partial charge is 0.220 e. The van der Waals surface area contributed by atoms with Gasteiger partial charge in [0, 0.05) is 6.42 Å². The molecule has 0 saturated heterocycles. The van der Waals surface area contributed by atoms with Gasteiger partial charge in [-0.3, -0.25) is 4.79 Å². The van der Waals surface area contributed by atoms with Crippen LogP contribution in [0.5, 0.6) is 0 Å². The van der Waals surface area contributed by atoms with E-state index in [0.29, 0.717) is 18.9 Å². The number of rotatable bonds is 3. The van der Waals surface area contributed by atoms with E-state index in [1.165, 1.54) is 6.26 Å². The molecule has 0 aromatic carbocycles. The first-order valence-corrected chi connectivity index (χ1v) is 3.48. The van der Waals surface area contributed by atoms with E-state index < -0.39 is 0 Å². The summed E-state index contributed by atoms with van der Waals surface area (Å²) in [7, 11) is 0. The van der Waals surface area contributed by atoms with Crippen LogP contribution in [-0.2, 0) is 11.3 Å². The fourth-order valence-corrected chi connectivity index (χ4v) is 0.639. The molecule has 1 aromatic rings. The lowest BCUT2D eigenvalue weighted by atomic mass is 10.4. The summed E-state index contributed by atoms with van der Waals surface area (Å²) in [5.74, 6) is 0.537. The van der Waals surface area contributed by atoms with E-state index >= 15 is 0 Å². The van der Waals surface area contributed by atoms with Crippen LogP contribution in [0.4, 0.5) is 0 Å². The highest BCUT2D eigenvalue weighted by molar-refractivity contribution is 5.75. The summed E-state index contributed by atoms with van der Waals surface area (Å²) >= 11 is 0. The molecule has 1 amide bonds. The Morgan fingerprint density at radius 3 is 3.18 bits per heavy atom. The first-order valence-electron chi connectivity index (χ1n) is 3.48. The van der Waals surface area contributed by atoms with Crippen LogP contribution in [0.1, 0.15) is 19.2 Å². The molecule has 1 rings (SSSR count). The van der Waals surface area contributed by atoms with Crippen molar-refractivity contribution in [3.05, 3.63) is 18.4 Å². The van der Waals surface area contributed by atoms with Crippen molar-refractivity contribution in [1.29, 1.82) is 0 Å². The highest BCUT2D eigenvalue weighted by Gasteiger charge is 1.99. The molecule has 11 heavy (non-hydrogen) atoms. The van der Waals surface area contributed by atoms with Crippen molar-refractivity contribution in [2.45, 2.75) is 19.9 Å². The zero-order valence-electron chi connectivity index (χ0n) is 6.33. The Morgan fingerprint density at radius 1 is 1.82 bits per heavy atom. The largest absolute Gasteiger partial charge is 0.447 e. The van der Waals surface area contributed by atoms with Gasteiger partial charge in [0.25, 0.3) is 0 Å². The molecule has 0 unspecified atom stereocenters. The lowest BCUT2D eigenvalue weighted by Gasteiger charge is -1.97. The number of carbonyl (C=O) groups is 1. The van der Waals surface area contributed by atoms with E-state index in [1.54, 1.807) is 13.1 Å². The average molecular weight is 154 g/mol. The minimum absolute atomic E-state index is 0.00296. The van der Waals surface area contributed by atoms with Crippen LogP contribution in [0, 0.1) is 0 Å². The molecule has 0 saturated carbocycles. The topological polar surface area (TPSA) is 55.1 Å². The second-order valence-corrected chi connectivity index (χ2v) is 2.06. The van der Waals surface area contributed by atoms with Crippen molar-refractivity contribution < 1.29 is 9.21 Å². The molecule has 60 valence electrons. The van der Waals surface area contributed by atoms with Crippen LogP contribution in [-0.4, -0.2) is 10.9 Å². The zero-order chi connectivity index (χ0) is 8.10. The van der Waals surface area contributed by atoms with E-state index in [1.807, 2.05) is 0 Å². The summed E-state index contributed by atoms with van der Waals surface area (Å²) in [6.45, 7) is 2.17. The molecular weight excluding hydrogens is 144 g/mol. The van der Waals surface area contributed by atoms with Crippen molar-refractivity contribution in [2.75, 3.05) is 0 Å². The number of aromatic nitrogens is 1. The van der Waals surface area contributed by atoms with Gasteiger partial charge in [-0.15, -0.1) is 0 Å². The normalized spacial score (nSPS) is 9.55. The maximum atomic E-state index is 10.7. The van der Waals surface area contributed by atoms with Crippen LogP contribution >= 0.6 is 0 Å². The number of hydrogen-bond donors (Lipinski definition) is 1. The molecule has 0 aliphatic rings.